The maximum atomic E-state index is 5.45. The maximum absolute atomic E-state index is 5.45. The first-order valence-corrected chi connectivity index (χ1v) is 7.97. The molecular formula is C17H28N2O3. The monoisotopic (exact) mass is 308 g/mol. The zero-order valence-corrected chi connectivity index (χ0v) is 14.1. The molecule has 1 aliphatic rings. The fourth-order valence-corrected chi connectivity index (χ4v) is 3.09. The number of ether oxygens (including phenoxy) is 3. The molecule has 1 atom stereocenters. The molecule has 5 nitrogen and oxygen atoms in total. The number of hydrogen-bond acceptors (Lipinski definition) is 5. The largest absolute Gasteiger partial charge is 0.493 e. The number of methoxy groups -OCH3 is 3. The van der Waals surface area contributed by atoms with E-state index in [0.29, 0.717) is 11.8 Å². The number of nitrogens with zero attached hydrogens (tertiary/aromatic N) is 1. The van der Waals surface area contributed by atoms with Crippen molar-refractivity contribution in [2.75, 3.05) is 41.0 Å². The molecule has 1 heterocycles. The predicted octanol–water partition coefficient (Wildman–Crippen LogP) is 2.29. The minimum absolute atomic E-state index is 0.610. The minimum atomic E-state index is 0.610. The summed E-state index contributed by atoms with van der Waals surface area (Å²) in [4.78, 5) is 2.54. The van der Waals surface area contributed by atoms with Crippen LogP contribution in [-0.2, 0) is 6.54 Å². The van der Waals surface area contributed by atoms with Gasteiger partial charge in [-0.15, -0.1) is 0 Å². The van der Waals surface area contributed by atoms with Crippen molar-refractivity contribution < 1.29 is 14.2 Å². The fraction of sp³-hybridized carbons (Fsp3) is 0.647. The van der Waals surface area contributed by atoms with Crippen molar-refractivity contribution in [3.63, 3.8) is 0 Å². The molecule has 0 aromatic heterocycles. The van der Waals surface area contributed by atoms with E-state index in [9.17, 15) is 0 Å². The van der Waals surface area contributed by atoms with Crippen molar-refractivity contribution >= 4 is 0 Å². The van der Waals surface area contributed by atoms with Gasteiger partial charge in [0.05, 0.1) is 21.3 Å². The van der Waals surface area contributed by atoms with Crippen molar-refractivity contribution in [1.82, 2.24) is 10.2 Å². The molecule has 1 saturated heterocycles. The van der Waals surface area contributed by atoms with Gasteiger partial charge < -0.3 is 19.5 Å². The maximum Gasteiger partial charge on any atom is 0.203 e. The Balaban J connectivity index is 2.22. The molecule has 0 spiro atoms. The summed E-state index contributed by atoms with van der Waals surface area (Å²) in [7, 11) is 4.95. The Morgan fingerprint density at radius 3 is 2.27 bits per heavy atom. The van der Waals surface area contributed by atoms with Crippen LogP contribution in [0.3, 0.4) is 0 Å². The normalized spacial score (nSPS) is 17.8. The third-order valence-corrected chi connectivity index (χ3v) is 4.17. The molecule has 1 fully saturated rings. The number of rotatable bonds is 8. The van der Waals surface area contributed by atoms with Crippen LogP contribution in [0.25, 0.3) is 0 Å². The molecule has 1 aromatic carbocycles. The van der Waals surface area contributed by atoms with Gasteiger partial charge in [0, 0.05) is 19.1 Å². The minimum Gasteiger partial charge on any atom is -0.493 e. The zero-order valence-electron chi connectivity index (χ0n) is 14.1. The molecule has 1 N–H and O–H groups in total. The average molecular weight is 308 g/mol. The Kier molecular flexibility index (Phi) is 6.34. The van der Waals surface area contributed by atoms with Crippen LogP contribution in [0.2, 0.25) is 0 Å². The average Bonchev–Trinajstić information content (AvgIpc) is 3.07. The van der Waals surface area contributed by atoms with E-state index in [1.54, 1.807) is 21.3 Å². The van der Waals surface area contributed by atoms with Crippen LogP contribution in [0.1, 0.15) is 25.3 Å². The van der Waals surface area contributed by atoms with Gasteiger partial charge in [-0.05, 0) is 43.6 Å². The first-order valence-electron chi connectivity index (χ1n) is 7.97. The lowest BCUT2D eigenvalue weighted by Crippen LogP contribution is -2.36. The molecule has 1 aromatic rings. The highest BCUT2D eigenvalue weighted by Gasteiger charge is 2.23. The Bertz CT molecular complexity index is 448. The van der Waals surface area contributed by atoms with Crippen LogP contribution in [-0.4, -0.2) is 51.9 Å². The van der Waals surface area contributed by atoms with E-state index in [0.717, 1.165) is 44.1 Å². The summed E-state index contributed by atoms with van der Waals surface area (Å²) >= 11 is 0. The lowest BCUT2D eigenvalue weighted by atomic mass is 10.1. The van der Waals surface area contributed by atoms with Gasteiger partial charge in [-0.25, -0.2) is 0 Å². The highest BCUT2D eigenvalue weighted by molar-refractivity contribution is 5.53. The summed E-state index contributed by atoms with van der Waals surface area (Å²) in [5.41, 5.74) is 1.19. The molecule has 0 saturated carbocycles. The molecule has 0 radical (unpaired) electrons. The molecule has 1 unspecified atom stereocenters. The van der Waals surface area contributed by atoms with E-state index in [1.807, 2.05) is 12.1 Å². The van der Waals surface area contributed by atoms with Crippen molar-refractivity contribution in [3.05, 3.63) is 17.7 Å². The van der Waals surface area contributed by atoms with E-state index >= 15 is 0 Å². The summed E-state index contributed by atoms with van der Waals surface area (Å²) in [6.45, 7) is 6.41. The van der Waals surface area contributed by atoms with Crippen LogP contribution in [0.5, 0.6) is 17.2 Å². The van der Waals surface area contributed by atoms with Gasteiger partial charge in [0.1, 0.15) is 0 Å². The summed E-state index contributed by atoms with van der Waals surface area (Å²) in [5, 5.41) is 3.45. The summed E-state index contributed by atoms with van der Waals surface area (Å²) in [5.74, 6) is 2.09. The zero-order chi connectivity index (χ0) is 15.9. The first kappa shape index (κ1) is 16.9. The van der Waals surface area contributed by atoms with E-state index < -0.39 is 0 Å². The summed E-state index contributed by atoms with van der Waals surface area (Å²) in [6.07, 6.45) is 2.37. The predicted molar refractivity (Wildman–Crippen MR) is 88.1 cm³/mol. The third-order valence-electron chi connectivity index (χ3n) is 4.17. The Morgan fingerprint density at radius 1 is 1.14 bits per heavy atom. The van der Waals surface area contributed by atoms with Gasteiger partial charge in [0.15, 0.2) is 11.5 Å². The molecule has 1 aliphatic heterocycles. The Morgan fingerprint density at radius 2 is 1.82 bits per heavy atom. The van der Waals surface area contributed by atoms with E-state index in [2.05, 4.69) is 17.1 Å². The fourth-order valence-electron chi connectivity index (χ4n) is 3.09. The molecule has 0 amide bonds. The van der Waals surface area contributed by atoms with Crippen molar-refractivity contribution in [2.45, 2.75) is 32.4 Å². The second-order valence-corrected chi connectivity index (χ2v) is 5.65. The van der Waals surface area contributed by atoms with Gasteiger partial charge in [-0.2, -0.15) is 0 Å². The van der Waals surface area contributed by atoms with Crippen molar-refractivity contribution in [1.29, 1.82) is 0 Å². The van der Waals surface area contributed by atoms with Gasteiger partial charge in [-0.1, -0.05) is 6.92 Å². The second kappa shape index (κ2) is 8.25. The molecule has 124 valence electrons. The molecular weight excluding hydrogens is 280 g/mol. The van der Waals surface area contributed by atoms with Crippen molar-refractivity contribution in [2.24, 2.45) is 0 Å². The third kappa shape index (κ3) is 3.84. The van der Waals surface area contributed by atoms with Crippen molar-refractivity contribution in [3.8, 4) is 17.2 Å². The standard InChI is InChI=1S/C17H28N2O3/c1-5-8-19(14-6-7-18-11-14)12-13-9-15(20-2)17(22-4)16(10-13)21-3/h9-10,14,18H,5-8,11-12H2,1-4H3. The highest BCUT2D eigenvalue weighted by Crippen LogP contribution is 2.38. The molecule has 22 heavy (non-hydrogen) atoms. The number of nitrogens with one attached hydrogen (secondary N) is 1. The van der Waals surface area contributed by atoms with Crippen LogP contribution < -0.4 is 19.5 Å². The van der Waals surface area contributed by atoms with Gasteiger partial charge in [0.2, 0.25) is 5.75 Å². The number of hydrogen-bond donors (Lipinski definition) is 1. The second-order valence-electron chi connectivity index (χ2n) is 5.65. The molecule has 5 heteroatoms. The van der Waals surface area contributed by atoms with E-state index in [1.165, 1.54) is 12.0 Å². The van der Waals surface area contributed by atoms with Crippen LogP contribution in [0, 0.1) is 0 Å². The quantitative estimate of drug-likeness (QED) is 0.798. The van der Waals surface area contributed by atoms with Gasteiger partial charge in [0.25, 0.3) is 0 Å². The highest BCUT2D eigenvalue weighted by atomic mass is 16.5. The van der Waals surface area contributed by atoms with E-state index in [-0.39, 0.29) is 0 Å². The van der Waals surface area contributed by atoms with Crippen LogP contribution in [0.4, 0.5) is 0 Å². The summed E-state index contributed by atoms with van der Waals surface area (Å²) in [6, 6.07) is 4.71. The number of benzene rings is 1. The Labute approximate surface area is 133 Å². The van der Waals surface area contributed by atoms with Crippen LogP contribution >= 0.6 is 0 Å². The molecule has 0 aliphatic carbocycles. The smallest absolute Gasteiger partial charge is 0.203 e. The summed E-state index contributed by atoms with van der Waals surface area (Å²) < 4.78 is 16.3. The van der Waals surface area contributed by atoms with Crippen LogP contribution in [0.15, 0.2) is 12.1 Å². The Hall–Kier alpha value is -1.46. The van der Waals surface area contributed by atoms with E-state index in [4.69, 9.17) is 14.2 Å². The molecule has 2 rings (SSSR count). The lowest BCUT2D eigenvalue weighted by Gasteiger charge is -2.28. The first-order chi connectivity index (χ1) is 10.7. The SMILES string of the molecule is CCCN(Cc1cc(OC)c(OC)c(OC)c1)C1CCNC1. The molecule has 0 bridgehead atoms. The van der Waals surface area contributed by atoms with Gasteiger partial charge >= 0.3 is 0 Å². The lowest BCUT2D eigenvalue weighted by molar-refractivity contribution is 0.199. The van der Waals surface area contributed by atoms with Gasteiger partial charge in [-0.3, -0.25) is 4.90 Å². The topological polar surface area (TPSA) is 43.0 Å².